The monoisotopic (exact) mass is 197 g/mol. The Morgan fingerprint density at radius 3 is 2.08 bits per heavy atom. The zero-order chi connectivity index (χ0) is 10.1. The first-order valence-electron chi connectivity index (χ1n) is 4.82. The molecule has 0 bridgehead atoms. The number of rotatable bonds is 3. The highest BCUT2D eigenvalue weighted by Crippen LogP contribution is 2.13. The van der Waals surface area contributed by atoms with Gasteiger partial charge in [0.05, 0.1) is 0 Å². The van der Waals surface area contributed by atoms with Crippen molar-refractivity contribution < 1.29 is 0 Å². The van der Waals surface area contributed by atoms with Crippen LogP contribution in [0.1, 0.15) is 32.8 Å². The van der Waals surface area contributed by atoms with Gasteiger partial charge in [-0.2, -0.15) is 0 Å². The molecule has 0 aliphatic rings. The van der Waals surface area contributed by atoms with Gasteiger partial charge in [0.25, 0.3) is 0 Å². The smallest absolute Gasteiger partial charge is 0.0226 e. The molecule has 0 atom stereocenters. The molecule has 0 saturated carbocycles. The van der Waals surface area contributed by atoms with E-state index in [-0.39, 0.29) is 0 Å². The second-order valence-corrected chi connectivity index (χ2v) is 3.22. The summed E-state index contributed by atoms with van der Waals surface area (Å²) in [7, 11) is 0. The Hall–Kier alpha value is -0.470. The maximum atomic E-state index is 5.39. The van der Waals surface area contributed by atoms with Crippen LogP contribution in [-0.2, 0) is 6.42 Å². The zero-order valence-electron chi connectivity index (χ0n) is 8.71. The lowest BCUT2D eigenvalue weighted by Crippen LogP contribution is -1.83. The van der Waals surface area contributed by atoms with Crippen molar-refractivity contribution in [3.05, 3.63) is 29.8 Å². The molecule has 0 heterocycles. The second kappa shape index (κ2) is 8.14. The first-order chi connectivity index (χ1) is 6.36. The molecule has 74 valence electrons. The topological polar surface area (TPSA) is 26.0 Å². The molecule has 0 radical (unpaired) electrons. The second-order valence-electron chi connectivity index (χ2n) is 2.51. The first-order valence-corrected chi connectivity index (χ1v) is 5.70. The molecule has 0 aliphatic carbocycles. The number of nitrogens with two attached hydrogens (primary N) is 1. The Bertz CT molecular complexity index is 206. The van der Waals surface area contributed by atoms with Crippen molar-refractivity contribution in [2.75, 3.05) is 0 Å². The Morgan fingerprint density at radius 2 is 1.69 bits per heavy atom. The highest BCUT2D eigenvalue weighted by molar-refractivity contribution is 7.97. The van der Waals surface area contributed by atoms with E-state index in [4.69, 9.17) is 5.14 Å². The minimum absolute atomic E-state index is 1.13. The van der Waals surface area contributed by atoms with Gasteiger partial charge in [-0.3, -0.25) is 5.14 Å². The van der Waals surface area contributed by atoms with Crippen LogP contribution in [0.2, 0.25) is 0 Å². The average Bonchev–Trinajstić information content (AvgIpc) is 2.23. The lowest BCUT2D eigenvalue weighted by Gasteiger charge is -1.98. The highest BCUT2D eigenvalue weighted by Gasteiger charge is 1.91. The highest BCUT2D eigenvalue weighted by atomic mass is 32.2. The molecule has 0 fully saturated rings. The van der Waals surface area contributed by atoms with E-state index in [0.717, 1.165) is 11.3 Å². The van der Waals surface area contributed by atoms with Gasteiger partial charge in [0, 0.05) is 4.90 Å². The van der Waals surface area contributed by atoms with Gasteiger partial charge in [-0.05, 0) is 36.1 Å². The molecular formula is C11H19NS. The predicted molar refractivity (Wildman–Crippen MR) is 61.8 cm³/mol. The summed E-state index contributed by atoms with van der Waals surface area (Å²) in [5.74, 6) is 0. The molecule has 0 unspecified atom stereocenters. The fourth-order valence-corrected chi connectivity index (χ4v) is 1.32. The summed E-state index contributed by atoms with van der Waals surface area (Å²) in [5, 5.41) is 5.39. The van der Waals surface area contributed by atoms with Crippen molar-refractivity contribution in [2.24, 2.45) is 5.14 Å². The molecule has 0 saturated heterocycles. The molecule has 13 heavy (non-hydrogen) atoms. The van der Waals surface area contributed by atoms with Crippen LogP contribution in [0.3, 0.4) is 0 Å². The summed E-state index contributed by atoms with van der Waals surface area (Å²) in [5.41, 5.74) is 1.39. The molecule has 1 aromatic rings. The molecular weight excluding hydrogens is 178 g/mol. The molecule has 1 nitrogen and oxygen atoms in total. The van der Waals surface area contributed by atoms with E-state index in [1.54, 1.807) is 0 Å². The average molecular weight is 197 g/mol. The molecule has 0 aromatic heterocycles. The number of hydrogen-bond donors (Lipinski definition) is 1. The predicted octanol–water partition coefficient (Wildman–Crippen LogP) is 3.63. The van der Waals surface area contributed by atoms with Crippen LogP contribution in [0, 0.1) is 0 Å². The largest absolute Gasteiger partial charge is 0.274 e. The van der Waals surface area contributed by atoms with E-state index in [9.17, 15) is 0 Å². The molecule has 1 aromatic carbocycles. The fraction of sp³-hybridized carbons (Fsp3) is 0.455. The molecule has 2 N–H and O–H groups in total. The standard InChI is InChI=1S/C9H13NS.C2H6/c1-2-3-8-4-6-9(11-10)7-5-8;1-2/h4-7H,2-3,10H2,1H3;1-2H3. The molecule has 1 rings (SSSR count). The van der Waals surface area contributed by atoms with Crippen molar-refractivity contribution in [1.82, 2.24) is 0 Å². The van der Waals surface area contributed by atoms with Gasteiger partial charge < -0.3 is 0 Å². The molecule has 0 spiro atoms. The number of benzene rings is 1. The van der Waals surface area contributed by atoms with Gasteiger partial charge in [-0.25, -0.2) is 0 Å². The lowest BCUT2D eigenvalue weighted by molar-refractivity contribution is 0.920. The lowest BCUT2D eigenvalue weighted by atomic mass is 10.1. The maximum Gasteiger partial charge on any atom is 0.0226 e. The third-order valence-electron chi connectivity index (χ3n) is 1.60. The van der Waals surface area contributed by atoms with Crippen molar-refractivity contribution in [3.63, 3.8) is 0 Å². The summed E-state index contributed by atoms with van der Waals surface area (Å²) in [6.45, 7) is 6.19. The number of aryl methyl sites for hydroxylation is 1. The summed E-state index contributed by atoms with van der Waals surface area (Å²) in [6, 6.07) is 8.41. The quantitative estimate of drug-likeness (QED) is 0.749. The Morgan fingerprint density at radius 1 is 1.15 bits per heavy atom. The van der Waals surface area contributed by atoms with Gasteiger partial charge in [0.2, 0.25) is 0 Å². The van der Waals surface area contributed by atoms with Gasteiger partial charge >= 0.3 is 0 Å². The SMILES string of the molecule is CC.CCCc1ccc(SN)cc1. The summed E-state index contributed by atoms with van der Waals surface area (Å²) in [6.07, 6.45) is 2.37. The van der Waals surface area contributed by atoms with E-state index in [1.807, 2.05) is 13.8 Å². The summed E-state index contributed by atoms with van der Waals surface area (Å²) in [4.78, 5) is 1.13. The van der Waals surface area contributed by atoms with Crippen LogP contribution >= 0.6 is 11.9 Å². The maximum absolute atomic E-state index is 5.39. The van der Waals surface area contributed by atoms with E-state index in [0.29, 0.717) is 0 Å². The summed E-state index contributed by atoms with van der Waals surface area (Å²) >= 11 is 1.30. The van der Waals surface area contributed by atoms with Gasteiger partial charge in [-0.1, -0.05) is 39.3 Å². The van der Waals surface area contributed by atoms with E-state index in [1.165, 1.54) is 23.9 Å². The van der Waals surface area contributed by atoms with Crippen molar-refractivity contribution in [2.45, 2.75) is 38.5 Å². The number of hydrogen-bond acceptors (Lipinski definition) is 2. The van der Waals surface area contributed by atoms with Crippen molar-refractivity contribution in [1.29, 1.82) is 0 Å². The van der Waals surface area contributed by atoms with E-state index >= 15 is 0 Å². The Kier molecular flexibility index (Phi) is 7.85. The Balaban J connectivity index is 0.000000671. The van der Waals surface area contributed by atoms with Crippen LogP contribution < -0.4 is 5.14 Å². The van der Waals surface area contributed by atoms with Gasteiger partial charge in [-0.15, -0.1) is 0 Å². The van der Waals surface area contributed by atoms with Gasteiger partial charge in [0.1, 0.15) is 0 Å². The van der Waals surface area contributed by atoms with Crippen LogP contribution in [0.5, 0.6) is 0 Å². The van der Waals surface area contributed by atoms with Crippen LogP contribution in [0.25, 0.3) is 0 Å². The van der Waals surface area contributed by atoms with Crippen LogP contribution in [0.15, 0.2) is 29.2 Å². The Labute approximate surface area is 85.9 Å². The minimum Gasteiger partial charge on any atom is -0.274 e. The van der Waals surface area contributed by atoms with E-state index < -0.39 is 0 Å². The third kappa shape index (κ3) is 4.96. The van der Waals surface area contributed by atoms with E-state index in [2.05, 4.69) is 31.2 Å². The van der Waals surface area contributed by atoms with Crippen LogP contribution in [0.4, 0.5) is 0 Å². The first kappa shape index (κ1) is 12.5. The van der Waals surface area contributed by atoms with Crippen LogP contribution in [-0.4, -0.2) is 0 Å². The van der Waals surface area contributed by atoms with Crippen molar-refractivity contribution in [3.8, 4) is 0 Å². The molecule has 0 aliphatic heterocycles. The fourth-order valence-electron chi connectivity index (χ4n) is 1.02. The van der Waals surface area contributed by atoms with Gasteiger partial charge in [0.15, 0.2) is 0 Å². The normalized spacial score (nSPS) is 8.92. The molecule has 0 amide bonds. The molecule has 2 heteroatoms. The van der Waals surface area contributed by atoms with Crippen molar-refractivity contribution >= 4 is 11.9 Å². The summed E-state index contributed by atoms with van der Waals surface area (Å²) < 4.78 is 0. The minimum atomic E-state index is 1.13. The zero-order valence-corrected chi connectivity index (χ0v) is 9.53. The third-order valence-corrected chi connectivity index (χ3v) is 2.14.